The maximum Gasteiger partial charge on any atom is 0.307 e. The van der Waals surface area contributed by atoms with Gasteiger partial charge in [-0.25, -0.2) is 0 Å². The number of unbranched alkanes of at least 4 members (excludes halogenated alkanes) is 1. The number of carbonyl (C=O) groups excluding carboxylic acids is 2. The van der Waals surface area contributed by atoms with E-state index in [1.54, 1.807) is 12.1 Å². The van der Waals surface area contributed by atoms with Gasteiger partial charge in [-0.15, -0.1) is 0 Å². The first-order chi connectivity index (χ1) is 10.3. The van der Waals surface area contributed by atoms with Crippen LogP contribution in [0.2, 0.25) is 0 Å². The summed E-state index contributed by atoms with van der Waals surface area (Å²) in [6.45, 7) is 5.48. The van der Waals surface area contributed by atoms with Gasteiger partial charge in [0.15, 0.2) is 0 Å². The number of carbonyl (C=O) groups is 2. The molecule has 4 nitrogen and oxygen atoms in total. The number of rotatable bonds is 7. The summed E-state index contributed by atoms with van der Waals surface area (Å²) in [5, 5.41) is 0. The molecule has 0 aromatic heterocycles. The van der Waals surface area contributed by atoms with Crippen LogP contribution in [-0.4, -0.2) is 17.5 Å². The molecule has 0 aliphatic rings. The Hall–Kier alpha value is -1.55. The zero-order chi connectivity index (χ0) is 16.6. The molecule has 0 aliphatic heterocycles. The lowest BCUT2D eigenvalue weighted by Crippen LogP contribution is -2.23. The molecule has 1 unspecified atom stereocenters. The lowest BCUT2D eigenvalue weighted by Gasteiger charge is -2.19. The van der Waals surface area contributed by atoms with Gasteiger partial charge in [0.2, 0.25) is 5.56 Å². The molecule has 122 valence electrons. The Morgan fingerprint density at radius 2 is 1.59 bits per heavy atom. The Labute approximate surface area is 136 Å². The molecule has 1 rings (SSSR count). The summed E-state index contributed by atoms with van der Waals surface area (Å²) in [5.74, 6) is -0.617. The molecule has 0 N–H and O–H groups in total. The third-order valence-corrected chi connectivity index (χ3v) is 3.07. The number of halogens is 1. The molecule has 0 heterocycles. The van der Waals surface area contributed by atoms with Crippen LogP contribution in [0.15, 0.2) is 30.3 Å². The van der Waals surface area contributed by atoms with E-state index in [1.807, 2.05) is 39.0 Å². The van der Waals surface area contributed by atoms with E-state index in [4.69, 9.17) is 21.1 Å². The molecular weight excluding hydrogens is 304 g/mol. The molecule has 0 spiro atoms. The molecule has 1 aromatic carbocycles. The lowest BCUT2D eigenvalue weighted by atomic mass is 10.1. The van der Waals surface area contributed by atoms with Crippen LogP contribution in [0.5, 0.6) is 0 Å². The van der Waals surface area contributed by atoms with Crippen LogP contribution >= 0.6 is 11.6 Å². The highest BCUT2D eigenvalue weighted by Crippen LogP contribution is 2.22. The standard InChI is InChI=1S/C17H23ClO4/c1-17(2,3)22-15(20)12-8-7-11-14(19)21-16(18)13-9-5-4-6-10-13/h4-6,9-10,16H,7-8,11-12H2,1-3H3. The van der Waals surface area contributed by atoms with Crippen molar-refractivity contribution in [3.63, 3.8) is 0 Å². The number of esters is 2. The number of hydrogen-bond donors (Lipinski definition) is 0. The van der Waals surface area contributed by atoms with Gasteiger partial charge in [0.25, 0.3) is 0 Å². The third-order valence-electron chi connectivity index (χ3n) is 2.73. The first kappa shape index (κ1) is 18.5. The molecule has 0 amide bonds. The summed E-state index contributed by atoms with van der Waals surface area (Å²) in [6, 6.07) is 9.13. The largest absolute Gasteiger partial charge is 0.460 e. The van der Waals surface area contributed by atoms with Crippen molar-refractivity contribution in [2.24, 2.45) is 0 Å². The fraction of sp³-hybridized carbons (Fsp3) is 0.529. The molecule has 0 fully saturated rings. The van der Waals surface area contributed by atoms with Crippen LogP contribution in [0, 0.1) is 0 Å². The van der Waals surface area contributed by atoms with Gasteiger partial charge in [-0.3, -0.25) is 9.59 Å². The Balaban J connectivity index is 2.20. The average molecular weight is 327 g/mol. The van der Waals surface area contributed by atoms with Crippen LogP contribution in [0.3, 0.4) is 0 Å². The zero-order valence-electron chi connectivity index (χ0n) is 13.3. The zero-order valence-corrected chi connectivity index (χ0v) is 14.1. The Kier molecular flexibility index (Phi) is 7.39. The van der Waals surface area contributed by atoms with Crippen LogP contribution < -0.4 is 0 Å². The Morgan fingerprint density at radius 1 is 1.05 bits per heavy atom. The average Bonchev–Trinajstić information content (AvgIpc) is 2.42. The summed E-state index contributed by atoms with van der Waals surface area (Å²) in [7, 11) is 0. The van der Waals surface area contributed by atoms with Crippen molar-refractivity contribution in [2.75, 3.05) is 0 Å². The van der Waals surface area contributed by atoms with Crippen LogP contribution in [-0.2, 0) is 19.1 Å². The predicted octanol–water partition coefficient (Wildman–Crippen LogP) is 4.37. The van der Waals surface area contributed by atoms with E-state index >= 15 is 0 Å². The van der Waals surface area contributed by atoms with Gasteiger partial charge in [-0.1, -0.05) is 41.9 Å². The van der Waals surface area contributed by atoms with Crippen LogP contribution in [0.25, 0.3) is 0 Å². The Morgan fingerprint density at radius 3 is 2.14 bits per heavy atom. The highest BCUT2D eigenvalue weighted by atomic mass is 35.5. The summed E-state index contributed by atoms with van der Waals surface area (Å²) in [4.78, 5) is 23.2. The topological polar surface area (TPSA) is 52.6 Å². The van der Waals surface area contributed by atoms with Crippen LogP contribution in [0.4, 0.5) is 0 Å². The first-order valence-electron chi connectivity index (χ1n) is 7.38. The summed E-state index contributed by atoms with van der Waals surface area (Å²) in [6.07, 6.45) is 1.69. The molecule has 0 aliphatic carbocycles. The van der Waals surface area contributed by atoms with Gasteiger partial charge in [-0.2, -0.15) is 0 Å². The van der Waals surface area contributed by atoms with Gasteiger partial charge < -0.3 is 9.47 Å². The molecule has 22 heavy (non-hydrogen) atoms. The number of alkyl halides is 1. The van der Waals surface area contributed by atoms with E-state index < -0.39 is 11.2 Å². The van der Waals surface area contributed by atoms with Crippen molar-refractivity contribution in [1.29, 1.82) is 0 Å². The van der Waals surface area contributed by atoms with Crippen molar-refractivity contribution in [1.82, 2.24) is 0 Å². The summed E-state index contributed by atoms with van der Waals surface area (Å²) >= 11 is 6.02. The van der Waals surface area contributed by atoms with E-state index in [0.29, 0.717) is 19.3 Å². The molecule has 0 bridgehead atoms. The van der Waals surface area contributed by atoms with Crippen molar-refractivity contribution in [3.05, 3.63) is 35.9 Å². The third kappa shape index (κ3) is 8.03. The Bertz CT molecular complexity index is 479. The fourth-order valence-corrected chi connectivity index (χ4v) is 2.02. The molecule has 1 atom stereocenters. The second-order valence-electron chi connectivity index (χ2n) is 6.01. The highest BCUT2D eigenvalue weighted by Gasteiger charge is 2.16. The van der Waals surface area contributed by atoms with Crippen molar-refractivity contribution >= 4 is 23.5 Å². The van der Waals surface area contributed by atoms with Gasteiger partial charge in [0.1, 0.15) is 5.60 Å². The second kappa shape index (κ2) is 8.79. The van der Waals surface area contributed by atoms with E-state index in [1.165, 1.54) is 0 Å². The smallest absolute Gasteiger partial charge is 0.307 e. The van der Waals surface area contributed by atoms with E-state index in [2.05, 4.69) is 0 Å². The SMILES string of the molecule is CC(C)(C)OC(=O)CCCCC(=O)OC(Cl)c1ccccc1. The minimum atomic E-state index is -0.778. The van der Waals surface area contributed by atoms with Gasteiger partial charge in [0.05, 0.1) is 0 Å². The van der Waals surface area contributed by atoms with E-state index in [-0.39, 0.29) is 18.4 Å². The molecule has 5 heteroatoms. The molecule has 0 saturated heterocycles. The maximum absolute atomic E-state index is 11.7. The fourth-order valence-electron chi connectivity index (χ4n) is 1.78. The first-order valence-corrected chi connectivity index (χ1v) is 7.82. The van der Waals surface area contributed by atoms with Gasteiger partial charge >= 0.3 is 11.9 Å². The predicted molar refractivity (Wildman–Crippen MR) is 85.4 cm³/mol. The monoisotopic (exact) mass is 326 g/mol. The molecular formula is C17H23ClO4. The molecule has 0 radical (unpaired) electrons. The quantitative estimate of drug-likeness (QED) is 0.424. The normalized spacial score (nSPS) is 12.5. The molecule has 1 aromatic rings. The van der Waals surface area contributed by atoms with E-state index in [9.17, 15) is 9.59 Å². The summed E-state index contributed by atoms with van der Waals surface area (Å²) < 4.78 is 10.3. The lowest BCUT2D eigenvalue weighted by molar-refractivity contribution is -0.155. The van der Waals surface area contributed by atoms with E-state index in [0.717, 1.165) is 5.56 Å². The maximum atomic E-state index is 11.7. The number of hydrogen-bond acceptors (Lipinski definition) is 4. The van der Waals surface area contributed by atoms with Crippen molar-refractivity contribution < 1.29 is 19.1 Å². The van der Waals surface area contributed by atoms with Crippen molar-refractivity contribution in [3.8, 4) is 0 Å². The minimum absolute atomic E-state index is 0.235. The van der Waals surface area contributed by atoms with Gasteiger partial charge in [0, 0.05) is 18.4 Å². The molecule has 0 saturated carbocycles. The number of ether oxygens (including phenoxy) is 2. The number of benzene rings is 1. The summed E-state index contributed by atoms with van der Waals surface area (Å²) in [5.41, 5.74) is -0.511. The van der Waals surface area contributed by atoms with Crippen molar-refractivity contribution in [2.45, 2.75) is 57.6 Å². The second-order valence-corrected chi connectivity index (χ2v) is 6.41. The van der Waals surface area contributed by atoms with Gasteiger partial charge in [-0.05, 0) is 33.6 Å². The highest BCUT2D eigenvalue weighted by molar-refractivity contribution is 6.20. The minimum Gasteiger partial charge on any atom is -0.460 e. The van der Waals surface area contributed by atoms with Crippen LogP contribution in [0.1, 0.15) is 57.6 Å².